The van der Waals surface area contributed by atoms with Crippen molar-refractivity contribution in [1.82, 2.24) is 5.32 Å². The van der Waals surface area contributed by atoms with Crippen molar-refractivity contribution in [2.24, 2.45) is 0 Å². The van der Waals surface area contributed by atoms with Crippen molar-refractivity contribution in [3.63, 3.8) is 0 Å². The highest BCUT2D eigenvalue weighted by atomic mass is 35.5. The number of amides is 2. The molecule has 0 saturated carbocycles. The first-order valence-electron chi connectivity index (χ1n) is 7.21. The van der Waals surface area contributed by atoms with Crippen LogP contribution in [0.25, 0.3) is 0 Å². The third-order valence-electron chi connectivity index (χ3n) is 3.22. The lowest BCUT2D eigenvalue weighted by Crippen LogP contribution is -2.29. The number of halogens is 3. The molecule has 2 aromatic rings. The summed E-state index contributed by atoms with van der Waals surface area (Å²) in [6, 6.07) is 11.1. The molecule has 0 bridgehead atoms. The first kappa shape index (κ1) is 18.2. The Labute approximate surface area is 149 Å². The minimum Gasteiger partial charge on any atom is -0.355 e. The number of carbonyl (C=O) groups excluding carboxylic acids is 2. The molecule has 24 heavy (non-hydrogen) atoms. The topological polar surface area (TPSA) is 58.2 Å². The number of anilines is 1. The molecule has 0 saturated heterocycles. The van der Waals surface area contributed by atoms with E-state index in [1.807, 2.05) is 0 Å². The number of benzene rings is 2. The quantitative estimate of drug-likeness (QED) is 0.761. The summed E-state index contributed by atoms with van der Waals surface area (Å²) in [5, 5.41) is 5.65. The van der Waals surface area contributed by atoms with Crippen molar-refractivity contribution in [3.8, 4) is 0 Å². The Balaban J connectivity index is 1.80. The van der Waals surface area contributed by atoms with Gasteiger partial charge in [-0.3, -0.25) is 9.59 Å². The molecule has 0 spiro atoms. The van der Waals surface area contributed by atoms with E-state index in [-0.39, 0.29) is 34.5 Å². The zero-order valence-electron chi connectivity index (χ0n) is 12.6. The molecular formula is C17H15Cl2FN2O2. The zero-order chi connectivity index (χ0) is 17.5. The lowest BCUT2D eigenvalue weighted by molar-refractivity contribution is -0.126. The second kappa shape index (κ2) is 8.66. The van der Waals surface area contributed by atoms with Gasteiger partial charge in [-0.15, -0.1) is 0 Å². The van der Waals surface area contributed by atoms with Crippen molar-refractivity contribution in [2.75, 3.05) is 11.9 Å². The van der Waals surface area contributed by atoms with Crippen LogP contribution in [0.15, 0.2) is 42.5 Å². The molecule has 2 N–H and O–H groups in total. The lowest BCUT2D eigenvalue weighted by Gasteiger charge is -2.09. The number of rotatable bonds is 6. The summed E-state index contributed by atoms with van der Waals surface area (Å²) in [6.07, 6.45) is -0.0325. The summed E-state index contributed by atoms with van der Waals surface area (Å²) in [6.45, 7) is 0.236. The van der Waals surface area contributed by atoms with Crippen molar-refractivity contribution >= 4 is 40.7 Å². The van der Waals surface area contributed by atoms with Crippen LogP contribution in [0.4, 0.5) is 10.1 Å². The zero-order valence-corrected chi connectivity index (χ0v) is 14.1. The van der Waals surface area contributed by atoms with Gasteiger partial charge >= 0.3 is 0 Å². The number of para-hydroxylation sites is 1. The molecule has 126 valence electrons. The molecule has 2 amide bonds. The fraction of sp³-hybridized carbons (Fsp3) is 0.176. The fourth-order valence-corrected chi connectivity index (χ4v) is 2.54. The van der Waals surface area contributed by atoms with Gasteiger partial charge in [-0.05, 0) is 30.2 Å². The average molecular weight is 369 g/mol. The minimum absolute atomic E-state index is 0.236. The van der Waals surface area contributed by atoms with Crippen molar-refractivity contribution in [1.29, 1.82) is 0 Å². The Morgan fingerprint density at radius 3 is 2.29 bits per heavy atom. The van der Waals surface area contributed by atoms with Gasteiger partial charge in [-0.2, -0.15) is 0 Å². The third kappa shape index (κ3) is 5.22. The highest BCUT2D eigenvalue weighted by Gasteiger charge is 2.13. The van der Waals surface area contributed by atoms with E-state index in [9.17, 15) is 14.0 Å². The van der Waals surface area contributed by atoms with E-state index in [0.29, 0.717) is 12.0 Å². The highest BCUT2D eigenvalue weighted by molar-refractivity contribution is 6.39. The summed E-state index contributed by atoms with van der Waals surface area (Å²) < 4.78 is 13.4. The Kier molecular flexibility index (Phi) is 6.58. The van der Waals surface area contributed by atoms with E-state index in [2.05, 4.69) is 10.6 Å². The second-order valence-corrected chi connectivity index (χ2v) is 5.83. The van der Waals surface area contributed by atoms with Gasteiger partial charge in [-0.1, -0.05) is 47.5 Å². The maximum atomic E-state index is 13.4. The molecule has 0 heterocycles. The van der Waals surface area contributed by atoms with Gasteiger partial charge < -0.3 is 10.6 Å². The molecule has 2 rings (SSSR count). The average Bonchev–Trinajstić information content (AvgIpc) is 2.53. The monoisotopic (exact) mass is 368 g/mol. The van der Waals surface area contributed by atoms with E-state index in [4.69, 9.17) is 23.2 Å². The summed E-state index contributed by atoms with van der Waals surface area (Å²) in [5.74, 6) is -1.32. The minimum atomic E-state index is -0.534. The Hall–Kier alpha value is -2.11. The predicted molar refractivity (Wildman–Crippen MR) is 92.8 cm³/mol. The van der Waals surface area contributed by atoms with Gasteiger partial charge in [0.1, 0.15) is 12.2 Å². The fourth-order valence-electron chi connectivity index (χ4n) is 2.05. The van der Waals surface area contributed by atoms with Gasteiger partial charge in [0, 0.05) is 6.54 Å². The molecule has 0 aliphatic rings. The Morgan fingerprint density at radius 2 is 1.62 bits per heavy atom. The molecular weight excluding hydrogens is 354 g/mol. The van der Waals surface area contributed by atoms with E-state index >= 15 is 0 Å². The Bertz CT molecular complexity index is 733. The van der Waals surface area contributed by atoms with Crippen LogP contribution in [0.5, 0.6) is 0 Å². The van der Waals surface area contributed by atoms with E-state index < -0.39 is 11.8 Å². The standard InChI is InChI=1S/C17H15Cl2FN2O2/c18-12-5-3-6-13(19)17(12)22-16(24)10-15(23)21-9-8-11-4-1-2-7-14(11)20/h1-7H,8-10H2,(H,21,23)(H,22,24). The molecule has 0 aromatic heterocycles. The van der Waals surface area contributed by atoms with Gasteiger partial charge in [0.05, 0.1) is 15.7 Å². The van der Waals surface area contributed by atoms with Gasteiger partial charge in [0.2, 0.25) is 11.8 Å². The molecule has 0 atom stereocenters. The summed E-state index contributed by atoms with van der Waals surface area (Å²) in [4.78, 5) is 23.6. The maximum Gasteiger partial charge on any atom is 0.233 e. The maximum absolute atomic E-state index is 13.4. The van der Waals surface area contributed by atoms with Crippen LogP contribution < -0.4 is 10.6 Å². The van der Waals surface area contributed by atoms with Gasteiger partial charge in [0.15, 0.2) is 0 Å². The number of hydrogen-bond acceptors (Lipinski definition) is 2. The van der Waals surface area contributed by atoms with Crippen LogP contribution in [0.3, 0.4) is 0 Å². The number of hydrogen-bond donors (Lipinski definition) is 2. The van der Waals surface area contributed by atoms with Crippen molar-refractivity contribution < 1.29 is 14.0 Å². The third-order valence-corrected chi connectivity index (χ3v) is 3.85. The van der Waals surface area contributed by atoms with Crippen molar-refractivity contribution in [2.45, 2.75) is 12.8 Å². The number of carbonyl (C=O) groups is 2. The molecule has 0 aliphatic carbocycles. The second-order valence-electron chi connectivity index (χ2n) is 5.01. The van der Waals surface area contributed by atoms with Crippen molar-refractivity contribution in [3.05, 3.63) is 63.9 Å². The Morgan fingerprint density at radius 1 is 0.958 bits per heavy atom. The van der Waals surface area contributed by atoms with Crippen LogP contribution >= 0.6 is 23.2 Å². The lowest BCUT2D eigenvalue weighted by atomic mass is 10.1. The molecule has 7 heteroatoms. The molecule has 0 radical (unpaired) electrons. The summed E-state index contributed by atoms with van der Waals surface area (Å²) >= 11 is 11.9. The summed E-state index contributed by atoms with van der Waals surface area (Å²) in [7, 11) is 0. The van der Waals surface area contributed by atoms with Gasteiger partial charge in [0.25, 0.3) is 0 Å². The predicted octanol–water partition coefficient (Wildman–Crippen LogP) is 3.82. The molecule has 0 fully saturated rings. The molecule has 0 unspecified atom stereocenters. The van der Waals surface area contributed by atoms with Crippen LogP contribution in [0.2, 0.25) is 10.0 Å². The van der Waals surface area contributed by atoms with Gasteiger partial charge in [-0.25, -0.2) is 4.39 Å². The van der Waals surface area contributed by atoms with E-state index in [1.54, 1.807) is 36.4 Å². The largest absolute Gasteiger partial charge is 0.355 e. The van der Waals surface area contributed by atoms with Crippen LogP contribution in [-0.4, -0.2) is 18.4 Å². The molecule has 0 aliphatic heterocycles. The first-order chi connectivity index (χ1) is 11.5. The van der Waals surface area contributed by atoms with E-state index in [1.165, 1.54) is 6.07 Å². The normalized spacial score (nSPS) is 10.3. The van der Waals surface area contributed by atoms with Crippen LogP contribution in [0.1, 0.15) is 12.0 Å². The molecule has 4 nitrogen and oxygen atoms in total. The smallest absolute Gasteiger partial charge is 0.233 e. The van der Waals surface area contributed by atoms with Crippen LogP contribution in [0, 0.1) is 5.82 Å². The first-order valence-corrected chi connectivity index (χ1v) is 7.97. The highest BCUT2D eigenvalue weighted by Crippen LogP contribution is 2.29. The van der Waals surface area contributed by atoms with E-state index in [0.717, 1.165) is 0 Å². The number of nitrogens with one attached hydrogen (secondary N) is 2. The SMILES string of the molecule is O=C(CC(=O)Nc1c(Cl)cccc1Cl)NCCc1ccccc1F. The molecule has 2 aromatic carbocycles. The summed E-state index contributed by atoms with van der Waals surface area (Å²) in [5.41, 5.74) is 0.773. The van der Waals surface area contributed by atoms with Crippen LogP contribution in [-0.2, 0) is 16.0 Å².